The van der Waals surface area contributed by atoms with Gasteiger partial charge in [0.25, 0.3) is 0 Å². The van der Waals surface area contributed by atoms with Crippen molar-refractivity contribution in [3.63, 3.8) is 0 Å². The van der Waals surface area contributed by atoms with Crippen LogP contribution in [-0.2, 0) is 6.42 Å². The third kappa shape index (κ3) is 2.51. The Kier molecular flexibility index (Phi) is 3.30. The smallest absolute Gasteiger partial charge is 0.123 e. The summed E-state index contributed by atoms with van der Waals surface area (Å²) in [5.74, 6) is 1.88. The molecule has 1 N–H and O–H groups in total. The summed E-state index contributed by atoms with van der Waals surface area (Å²) in [6.45, 7) is 4.33. The summed E-state index contributed by atoms with van der Waals surface area (Å²) in [6.07, 6.45) is 6.54. The Morgan fingerprint density at radius 2 is 2.00 bits per heavy atom. The lowest BCUT2D eigenvalue weighted by atomic mass is 9.90. The van der Waals surface area contributed by atoms with Crippen LogP contribution in [-0.4, -0.2) is 12.6 Å². The predicted molar refractivity (Wildman–Crippen MR) is 78.6 cm³/mol. The first kappa shape index (κ1) is 13.0. The molecule has 1 saturated carbocycles. The zero-order valence-electron chi connectivity index (χ0n) is 12.3. The van der Waals surface area contributed by atoms with E-state index in [1.54, 1.807) is 0 Å². The fourth-order valence-electron chi connectivity index (χ4n) is 3.79. The Morgan fingerprint density at radius 1 is 1.26 bits per heavy atom. The topological polar surface area (TPSA) is 21.3 Å². The third-order valence-corrected chi connectivity index (χ3v) is 4.63. The maximum Gasteiger partial charge on any atom is 0.123 e. The Labute approximate surface area is 116 Å². The van der Waals surface area contributed by atoms with Crippen molar-refractivity contribution in [2.24, 2.45) is 5.92 Å². The van der Waals surface area contributed by atoms with Crippen LogP contribution >= 0.6 is 0 Å². The summed E-state index contributed by atoms with van der Waals surface area (Å²) in [5.41, 5.74) is 2.78. The molecule has 0 aromatic heterocycles. The van der Waals surface area contributed by atoms with Gasteiger partial charge in [-0.3, -0.25) is 0 Å². The Hall–Kier alpha value is -1.02. The SMILES string of the molecule is CNC(c1ccc2c(c1)CC(C)(C)O2)C1CCCC1. The highest BCUT2D eigenvalue weighted by molar-refractivity contribution is 5.42. The summed E-state index contributed by atoms with van der Waals surface area (Å²) in [6, 6.07) is 7.29. The number of benzene rings is 1. The molecule has 1 heterocycles. The van der Waals surface area contributed by atoms with Crippen molar-refractivity contribution in [2.75, 3.05) is 7.05 Å². The first-order chi connectivity index (χ1) is 9.09. The van der Waals surface area contributed by atoms with E-state index in [0.29, 0.717) is 6.04 Å². The second-order valence-corrected chi connectivity index (χ2v) is 6.72. The monoisotopic (exact) mass is 259 g/mol. The van der Waals surface area contributed by atoms with Gasteiger partial charge in [0.15, 0.2) is 0 Å². The molecule has 1 aromatic carbocycles. The fourth-order valence-corrected chi connectivity index (χ4v) is 3.79. The van der Waals surface area contributed by atoms with Gasteiger partial charge in [-0.05, 0) is 56.8 Å². The van der Waals surface area contributed by atoms with Crippen LogP contribution in [0.2, 0.25) is 0 Å². The minimum atomic E-state index is -0.0382. The van der Waals surface area contributed by atoms with Gasteiger partial charge in [0.1, 0.15) is 11.4 Å². The van der Waals surface area contributed by atoms with Crippen molar-refractivity contribution in [1.82, 2.24) is 5.32 Å². The minimum Gasteiger partial charge on any atom is -0.487 e. The van der Waals surface area contributed by atoms with Crippen LogP contribution in [0.3, 0.4) is 0 Å². The molecule has 2 nitrogen and oxygen atoms in total. The van der Waals surface area contributed by atoms with Crippen molar-refractivity contribution in [3.8, 4) is 5.75 Å². The van der Waals surface area contributed by atoms with Gasteiger partial charge >= 0.3 is 0 Å². The van der Waals surface area contributed by atoms with Crippen LogP contribution in [0.5, 0.6) is 5.75 Å². The van der Waals surface area contributed by atoms with Crippen LogP contribution in [0.15, 0.2) is 18.2 Å². The van der Waals surface area contributed by atoms with Crippen molar-refractivity contribution in [2.45, 2.75) is 57.6 Å². The molecule has 0 radical (unpaired) electrons. The summed E-state index contributed by atoms with van der Waals surface area (Å²) in [7, 11) is 2.09. The number of nitrogens with one attached hydrogen (secondary N) is 1. The van der Waals surface area contributed by atoms with Crippen LogP contribution in [0.4, 0.5) is 0 Å². The maximum atomic E-state index is 5.97. The molecular formula is C17H25NO. The molecule has 104 valence electrons. The zero-order valence-corrected chi connectivity index (χ0v) is 12.3. The molecule has 1 fully saturated rings. The van der Waals surface area contributed by atoms with Crippen molar-refractivity contribution in [1.29, 1.82) is 0 Å². The maximum absolute atomic E-state index is 5.97. The van der Waals surface area contributed by atoms with E-state index in [2.05, 4.69) is 44.4 Å². The molecule has 1 atom stereocenters. The standard InChI is InChI=1S/C17H25NO/c1-17(2)11-14-10-13(8-9-15(14)19-17)16(18-3)12-6-4-5-7-12/h8-10,12,16,18H,4-7,11H2,1-3H3. The van der Waals surface area contributed by atoms with Crippen molar-refractivity contribution in [3.05, 3.63) is 29.3 Å². The molecule has 2 aliphatic rings. The summed E-state index contributed by atoms with van der Waals surface area (Å²) in [4.78, 5) is 0. The van der Waals surface area contributed by atoms with Gasteiger partial charge in [-0.25, -0.2) is 0 Å². The largest absolute Gasteiger partial charge is 0.487 e. The third-order valence-electron chi connectivity index (χ3n) is 4.63. The molecule has 0 saturated heterocycles. The van der Waals surface area contributed by atoms with E-state index in [0.717, 1.165) is 18.1 Å². The molecule has 19 heavy (non-hydrogen) atoms. The van der Waals surface area contributed by atoms with Gasteiger partial charge < -0.3 is 10.1 Å². The number of fused-ring (bicyclic) bond motifs is 1. The lowest BCUT2D eigenvalue weighted by molar-refractivity contribution is 0.138. The molecule has 1 aliphatic heterocycles. The molecule has 3 rings (SSSR count). The van der Waals surface area contributed by atoms with Gasteiger partial charge in [0.05, 0.1) is 0 Å². The van der Waals surface area contributed by atoms with E-state index < -0.39 is 0 Å². The molecular weight excluding hydrogens is 234 g/mol. The fraction of sp³-hybridized carbons (Fsp3) is 0.647. The molecule has 1 aromatic rings. The Balaban J connectivity index is 1.86. The molecule has 1 unspecified atom stereocenters. The lowest BCUT2D eigenvalue weighted by Gasteiger charge is -2.23. The number of rotatable bonds is 3. The average Bonchev–Trinajstić information content (AvgIpc) is 2.95. The molecule has 1 aliphatic carbocycles. The van der Waals surface area contributed by atoms with E-state index in [-0.39, 0.29) is 5.60 Å². The van der Waals surface area contributed by atoms with E-state index >= 15 is 0 Å². The summed E-state index contributed by atoms with van der Waals surface area (Å²) < 4.78 is 5.97. The van der Waals surface area contributed by atoms with Gasteiger partial charge in [0, 0.05) is 12.5 Å². The van der Waals surface area contributed by atoms with E-state index in [9.17, 15) is 0 Å². The number of hydrogen-bond acceptors (Lipinski definition) is 2. The van der Waals surface area contributed by atoms with E-state index in [1.165, 1.54) is 36.8 Å². The van der Waals surface area contributed by atoms with Gasteiger partial charge in [-0.1, -0.05) is 25.0 Å². The summed E-state index contributed by atoms with van der Waals surface area (Å²) >= 11 is 0. The first-order valence-electron chi connectivity index (χ1n) is 7.58. The van der Waals surface area contributed by atoms with E-state index in [1.807, 2.05) is 0 Å². The van der Waals surface area contributed by atoms with Gasteiger partial charge in [-0.2, -0.15) is 0 Å². The van der Waals surface area contributed by atoms with Crippen LogP contribution in [0.1, 0.15) is 56.7 Å². The van der Waals surface area contributed by atoms with Crippen molar-refractivity contribution >= 4 is 0 Å². The van der Waals surface area contributed by atoms with Crippen molar-refractivity contribution < 1.29 is 4.74 Å². The highest BCUT2D eigenvalue weighted by Crippen LogP contribution is 2.40. The Bertz CT molecular complexity index is 460. The van der Waals surface area contributed by atoms with Crippen LogP contribution in [0, 0.1) is 5.92 Å². The lowest BCUT2D eigenvalue weighted by Crippen LogP contribution is -2.24. The molecule has 0 amide bonds. The molecule has 0 bridgehead atoms. The van der Waals surface area contributed by atoms with Crippen LogP contribution in [0.25, 0.3) is 0 Å². The minimum absolute atomic E-state index is 0.0382. The zero-order chi connectivity index (χ0) is 13.5. The second kappa shape index (κ2) is 4.82. The highest BCUT2D eigenvalue weighted by atomic mass is 16.5. The average molecular weight is 259 g/mol. The van der Waals surface area contributed by atoms with E-state index in [4.69, 9.17) is 4.74 Å². The molecule has 0 spiro atoms. The second-order valence-electron chi connectivity index (χ2n) is 6.72. The summed E-state index contributed by atoms with van der Waals surface area (Å²) in [5, 5.41) is 3.53. The number of hydrogen-bond donors (Lipinski definition) is 1. The quantitative estimate of drug-likeness (QED) is 0.890. The number of ether oxygens (including phenoxy) is 1. The van der Waals surface area contributed by atoms with Crippen LogP contribution < -0.4 is 10.1 Å². The van der Waals surface area contributed by atoms with Gasteiger partial charge in [0.2, 0.25) is 0 Å². The predicted octanol–water partition coefficient (Wildman–Crippen LogP) is 3.85. The normalized spacial score (nSPS) is 23.1. The molecule has 2 heteroatoms. The first-order valence-corrected chi connectivity index (χ1v) is 7.58. The Morgan fingerprint density at radius 3 is 2.68 bits per heavy atom. The van der Waals surface area contributed by atoms with Gasteiger partial charge in [-0.15, -0.1) is 0 Å². The highest BCUT2D eigenvalue weighted by Gasteiger charge is 2.31.